The lowest BCUT2D eigenvalue weighted by Gasteiger charge is -2.45. The van der Waals surface area contributed by atoms with Crippen LogP contribution < -0.4 is 4.90 Å². The van der Waals surface area contributed by atoms with Gasteiger partial charge in [0, 0.05) is 44.0 Å². The van der Waals surface area contributed by atoms with E-state index in [0.717, 1.165) is 48.9 Å². The molecule has 20 heavy (non-hydrogen) atoms. The minimum absolute atomic E-state index is 0.764. The van der Waals surface area contributed by atoms with Gasteiger partial charge in [-0.15, -0.1) is 0 Å². The van der Waals surface area contributed by atoms with E-state index in [0.29, 0.717) is 0 Å². The van der Waals surface area contributed by atoms with E-state index in [-0.39, 0.29) is 0 Å². The zero-order valence-electron chi connectivity index (χ0n) is 12.3. The number of rotatable bonds is 3. The summed E-state index contributed by atoms with van der Waals surface area (Å²) in [6.07, 6.45) is 7.12. The van der Waals surface area contributed by atoms with Crippen molar-refractivity contribution in [2.45, 2.75) is 38.6 Å². The van der Waals surface area contributed by atoms with Gasteiger partial charge in [0.2, 0.25) is 0 Å². The van der Waals surface area contributed by atoms with E-state index < -0.39 is 0 Å². The average Bonchev–Trinajstić information content (AvgIpc) is 2.98. The lowest BCUT2D eigenvalue weighted by molar-refractivity contribution is 0.190. The molecule has 108 valence electrons. The van der Waals surface area contributed by atoms with Gasteiger partial charge in [-0.05, 0) is 31.1 Å². The molecule has 2 aliphatic heterocycles. The Morgan fingerprint density at radius 2 is 1.85 bits per heavy atom. The Morgan fingerprint density at radius 1 is 1.10 bits per heavy atom. The number of hydrogen-bond acceptors (Lipinski definition) is 4. The van der Waals surface area contributed by atoms with E-state index >= 15 is 0 Å². The number of aryl methyl sites for hydroxylation is 1. The molecule has 0 radical (unpaired) electrons. The van der Waals surface area contributed by atoms with Crippen LogP contribution in [0.4, 0.5) is 5.82 Å². The van der Waals surface area contributed by atoms with Gasteiger partial charge in [0.05, 0.1) is 0 Å². The second-order valence-corrected chi connectivity index (χ2v) is 6.68. The molecule has 2 atom stereocenters. The molecule has 1 saturated carbocycles. The Morgan fingerprint density at radius 3 is 2.55 bits per heavy atom. The molecule has 1 aliphatic carbocycles. The summed E-state index contributed by atoms with van der Waals surface area (Å²) in [6.45, 7) is 7.16. The third kappa shape index (κ3) is 2.10. The molecular formula is C16H24N4. The molecule has 4 heteroatoms. The summed E-state index contributed by atoms with van der Waals surface area (Å²) in [5.74, 6) is 3.14. The van der Waals surface area contributed by atoms with Crippen LogP contribution in [0.25, 0.3) is 0 Å². The molecule has 2 saturated heterocycles. The van der Waals surface area contributed by atoms with E-state index in [4.69, 9.17) is 0 Å². The van der Waals surface area contributed by atoms with Gasteiger partial charge in [-0.1, -0.05) is 13.3 Å². The SMILES string of the molecule is CCc1cc(N2CC(N3CC4CCCC4C3)C2)ncn1. The van der Waals surface area contributed by atoms with E-state index in [1.165, 1.54) is 32.4 Å². The van der Waals surface area contributed by atoms with E-state index in [2.05, 4.69) is 32.8 Å². The molecule has 1 aromatic rings. The fraction of sp³-hybridized carbons (Fsp3) is 0.750. The molecule has 4 rings (SSSR count). The minimum atomic E-state index is 0.764. The fourth-order valence-electron chi connectivity index (χ4n) is 4.19. The second-order valence-electron chi connectivity index (χ2n) is 6.68. The third-order valence-corrected chi connectivity index (χ3v) is 5.53. The summed E-state index contributed by atoms with van der Waals surface area (Å²) < 4.78 is 0. The number of hydrogen-bond donors (Lipinski definition) is 0. The number of nitrogens with zero attached hydrogens (tertiary/aromatic N) is 4. The Kier molecular flexibility index (Phi) is 3.14. The average molecular weight is 272 g/mol. The van der Waals surface area contributed by atoms with Crippen molar-refractivity contribution >= 4 is 5.82 Å². The van der Waals surface area contributed by atoms with Crippen LogP contribution in [0.5, 0.6) is 0 Å². The molecule has 0 bridgehead atoms. The monoisotopic (exact) mass is 272 g/mol. The highest BCUT2D eigenvalue weighted by Crippen LogP contribution is 2.39. The van der Waals surface area contributed by atoms with Crippen molar-refractivity contribution in [3.63, 3.8) is 0 Å². The van der Waals surface area contributed by atoms with Crippen LogP contribution in [0.1, 0.15) is 31.9 Å². The molecule has 4 nitrogen and oxygen atoms in total. The molecule has 2 unspecified atom stereocenters. The van der Waals surface area contributed by atoms with Gasteiger partial charge in [-0.2, -0.15) is 0 Å². The summed E-state index contributed by atoms with van der Waals surface area (Å²) in [7, 11) is 0. The Bertz CT molecular complexity index is 471. The summed E-state index contributed by atoms with van der Waals surface area (Å²) in [4.78, 5) is 13.9. The van der Waals surface area contributed by atoms with Crippen molar-refractivity contribution in [1.29, 1.82) is 0 Å². The lowest BCUT2D eigenvalue weighted by atomic mass is 10.0. The zero-order chi connectivity index (χ0) is 13.5. The Balaban J connectivity index is 1.35. The number of anilines is 1. The van der Waals surface area contributed by atoms with E-state index in [1.807, 2.05) is 0 Å². The third-order valence-electron chi connectivity index (χ3n) is 5.53. The van der Waals surface area contributed by atoms with Crippen LogP contribution in [0, 0.1) is 11.8 Å². The maximum absolute atomic E-state index is 4.42. The number of likely N-dealkylation sites (tertiary alicyclic amines) is 1. The van der Waals surface area contributed by atoms with Crippen LogP contribution >= 0.6 is 0 Å². The summed E-state index contributed by atoms with van der Waals surface area (Å²) in [5, 5.41) is 0. The largest absolute Gasteiger partial charge is 0.353 e. The van der Waals surface area contributed by atoms with Crippen LogP contribution in [-0.2, 0) is 6.42 Å². The summed E-state index contributed by atoms with van der Waals surface area (Å²) in [6, 6.07) is 2.91. The highest BCUT2D eigenvalue weighted by molar-refractivity contribution is 5.43. The second kappa shape index (κ2) is 4.99. The van der Waals surface area contributed by atoms with Crippen molar-refractivity contribution in [1.82, 2.24) is 14.9 Å². The molecule has 3 aliphatic rings. The molecule has 3 heterocycles. The van der Waals surface area contributed by atoms with E-state index in [1.54, 1.807) is 6.33 Å². The number of aromatic nitrogens is 2. The highest BCUT2D eigenvalue weighted by atomic mass is 15.3. The first-order valence-electron chi connectivity index (χ1n) is 8.13. The van der Waals surface area contributed by atoms with E-state index in [9.17, 15) is 0 Å². The first-order valence-corrected chi connectivity index (χ1v) is 8.13. The van der Waals surface area contributed by atoms with Gasteiger partial charge in [0.1, 0.15) is 12.1 Å². The molecule has 3 fully saturated rings. The van der Waals surface area contributed by atoms with Gasteiger partial charge < -0.3 is 4.90 Å². The van der Waals surface area contributed by atoms with Gasteiger partial charge in [-0.25, -0.2) is 9.97 Å². The summed E-state index contributed by atoms with van der Waals surface area (Å²) >= 11 is 0. The van der Waals surface area contributed by atoms with Crippen LogP contribution in [-0.4, -0.2) is 47.1 Å². The highest BCUT2D eigenvalue weighted by Gasteiger charge is 2.42. The fourth-order valence-corrected chi connectivity index (χ4v) is 4.19. The number of fused-ring (bicyclic) bond motifs is 1. The topological polar surface area (TPSA) is 32.3 Å². The molecule has 0 amide bonds. The Labute approximate surface area is 121 Å². The molecule has 0 aromatic carbocycles. The summed E-state index contributed by atoms with van der Waals surface area (Å²) in [5.41, 5.74) is 1.15. The predicted molar refractivity (Wildman–Crippen MR) is 79.8 cm³/mol. The van der Waals surface area contributed by atoms with Crippen LogP contribution in [0.3, 0.4) is 0 Å². The first-order chi connectivity index (χ1) is 9.83. The first kappa shape index (κ1) is 12.6. The van der Waals surface area contributed by atoms with Gasteiger partial charge in [-0.3, -0.25) is 4.90 Å². The van der Waals surface area contributed by atoms with Gasteiger partial charge >= 0.3 is 0 Å². The predicted octanol–water partition coefficient (Wildman–Crippen LogP) is 1.96. The van der Waals surface area contributed by atoms with Crippen molar-refractivity contribution in [3.8, 4) is 0 Å². The van der Waals surface area contributed by atoms with Crippen molar-refractivity contribution in [2.24, 2.45) is 11.8 Å². The quantitative estimate of drug-likeness (QED) is 0.842. The minimum Gasteiger partial charge on any atom is -0.353 e. The van der Waals surface area contributed by atoms with Gasteiger partial charge in [0.25, 0.3) is 0 Å². The molecule has 0 spiro atoms. The maximum atomic E-state index is 4.42. The molecular weight excluding hydrogens is 248 g/mol. The van der Waals surface area contributed by atoms with Crippen LogP contribution in [0.15, 0.2) is 12.4 Å². The standard InChI is InChI=1S/C16H24N4/c1-2-14-6-16(18-11-17-14)20-9-15(10-20)19-7-12-4-3-5-13(12)8-19/h6,11-13,15H,2-5,7-10H2,1H3. The molecule has 1 aromatic heterocycles. The maximum Gasteiger partial charge on any atom is 0.132 e. The zero-order valence-corrected chi connectivity index (χ0v) is 12.3. The van der Waals surface area contributed by atoms with Gasteiger partial charge in [0.15, 0.2) is 0 Å². The lowest BCUT2D eigenvalue weighted by Crippen LogP contribution is -2.59. The normalized spacial score (nSPS) is 30.6. The van der Waals surface area contributed by atoms with Crippen molar-refractivity contribution in [3.05, 3.63) is 18.1 Å². The van der Waals surface area contributed by atoms with Crippen LogP contribution in [0.2, 0.25) is 0 Å². The van der Waals surface area contributed by atoms with Crippen molar-refractivity contribution < 1.29 is 0 Å². The smallest absolute Gasteiger partial charge is 0.132 e. The Hall–Kier alpha value is -1.16. The van der Waals surface area contributed by atoms with Crippen molar-refractivity contribution in [2.75, 3.05) is 31.1 Å². The molecule has 0 N–H and O–H groups in total.